The smallest absolute Gasteiger partial charge is 0.419 e. The Hall–Kier alpha value is -3.08. The summed E-state index contributed by atoms with van der Waals surface area (Å²) in [6.45, 7) is 0.843. The summed E-state index contributed by atoms with van der Waals surface area (Å²) in [4.78, 5) is 6.35. The van der Waals surface area contributed by atoms with Gasteiger partial charge in [0.05, 0.1) is 23.8 Å². The Bertz CT molecular complexity index is 1140. The minimum Gasteiger partial charge on any atom is -0.493 e. The fourth-order valence-electron chi connectivity index (χ4n) is 4.05. The van der Waals surface area contributed by atoms with Crippen molar-refractivity contribution in [1.82, 2.24) is 15.0 Å². The van der Waals surface area contributed by atoms with Crippen LogP contribution in [0.2, 0.25) is 0 Å². The maximum atomic E-state index is 13.7. The molecule has 35 heavy (non-hydrogen) atoms. The number of alkyl halides is 6. The number of hydrogen-bond donors (Lipinski definition) is 0. The average molecular weight is 499 g/mol. The van der Waals surface area contributed by atoms with Crippen molar-refractivity contribution in [3.63, 3.8) is 0 Å². The van der Waals surface area contributed by atoms with Gasteiger partial charge in [0.2, 0.25) is 11.7 Å². The highest BCUT2D eigenvalue weighted by Gasteiger charge is 2.35. The van der Waals surface area contributed by atoms with Crippen LogP contribution in [0.3, 0.4) is 0 Å². The van der Waals surface area contributed by atoms with Crippen LogP contribution in [0, 0.1) is 0 Å². The van der Waals surface area contributed by atoms with Crippen LogP contribution in [0.5, 0.6) is 5.75 Å². The summed E-state index contributed by atoms with van der Waals surface area (Å²) in [5.41, 5.74) is -0.927. The van der Waals surface area contributed by atoms with E-state index in [1.807, 2.05) is 7.05 Å². The van der Waals surface area contributed by atoms with Gasteiger partial charge in [-0.3, -0.25) is 4.90 Å². The highest BCUT2D eigenvalue weighted by atomic mass is 19.4. The SMILES string of the molecule is CN1CCCC1c1nc(-c2ccc(OCCCc3ccc(C(F)(F)F)cc3)c(C(F)(F)F)c2)no1. The molecule has 4 rings (SSSR count). The second kappa shape index (κ2) is 9.88. The lowest BCUT2D eigenvalue weighted by Gasteiger charge is -2.15. The molecule has 1 saturated heterocycles. The summed E-state index contributed by atoms with van der Waals surface area (Å²) in [5, 5.41) is 3.86. The van der Waals surface area contributed by atoms with Gasteiger partial charge in [0.25, 0.3) is 0 Å². The lowest BCUT2D eigenvalue weighted by Crippen LogP contribution is -2.17. The van der Waals surface area contributed by atoms with Gasteiger partial charge in [-0.1, -0.05) is 17.3 Å². The van der Waals surface area contributed by atoms with E-state index in [4.69, 9.17) is 9.26 Å². The fraction of sp³-hybridized carbons (Fsp3) is 0.417. The molecule has 0 radical (unpaired) electrons. The van der Waals surface area contributed by atoms with Gasteiger partial charge in [-0.25, -0.2) is 0 Å². The van der Waals surface area contributed by atoms with Crippen LogP contribution in [0.25, 0.3) is 11.4 Å². The predicted octanol–water partition coefficient (Wildman–Crippen LogP) is 6.55. The molecule has 0 amide bonds. The maximum Gasteiger partial charge on any atom is 0.419 e. The van der Waals surface area contributed by atoms with E-state index in [0.29, 0.717) is 24.3 Å². The molecule has 1 fully saturated rings. The summed E-state index contributed by atoms with van der Waals surface area (Å²) < 4.78 is 89.8. The topological polar surface area (TPSA) is 51.4 Å². The Morgan fingerprint density at radius 1 is 1.03 bits per heavy atom. The lowest BCUT2D eigenvalue weighted by molar-refractivity contribution is -0.139. The number of benzene rings is 2. The summed E-state index contributed by atoms with van der Waals surface area (Å²) in [6.07, 6.45) is -6.59. The molecule has 1 aliphatic heterocycles. The third kappa shape index (κ3) is 5.95. The molecule has 3 aromatic rings. The first-order chi connectivity index (χ1) is 16.5. The Morgan fingerprint density at radius 3 is 2.40 bits per heavy atom. The van der Waals surface area contributed by atoms with E-state index in [1.54, 1.807) is 0 Å². The molecular weight excluding hydrogens is 476 g/mol. The van der Waals surface area contributed by atoms with Gasteiger partial charge in [-0.05, 0) is 75.2 Å². The molecule has 5 nitrogen and oxygen atoms in total. The predicted molar refractivity (Wildman–Crippen MR) is 115 cm³/mol. The third-order valence-corrected chi connectivity index (χ3v) is 5.94. The zero-order valence-corrected chi connectivity index (χ0v) is 18.8. The van der Waals surface area contributed by atoms with Crippen LogP contribution in [0.15, 0.2) is 47.0 Å². The van der Waals surface area contributed by atoms with E-state index >= 15 is 0 Å². The first kappa shape index (κ1) is 25.0. The molecule has 11 heteroatoms. The van der Waals surface area contributed by atoms with Gasteiger partial charge in [0, 0.05) is 5.56 Å². The number of ether oxygens (including phenoxy) is 1. The Labute approximate surface area is 197 Å². The second-order valence-electron chi connectivity index (χ2n) is 8.45. The highest BCUT2D eigenvalue weighted by Crippen LogP contribution is 2.39. The number of nitrogens with zero attached hydrogens (tertiary/aromatic N) is 3. The normalized spacial score (nSPS) is 17.2. The molecule has 0 saturated carbocycles. The van der Waals surface area contributed by atoms with Crippen molar-refractivity contribution in [2.45, 2.75) is 44.1 Å². The summed E-state index contributed by atoms with van der Waals surface area (Å²) in [7, 11) is 1.92. The Morgan fingerprint density at radius 2 is 1.77 bits per heavy atom. The van der Waals surface area contributed by atoms with Crippen LogP contribution in [-0.4, -0.2) is 35.2 Å². The summed E-state index contributed by atoms with van der Waals surface area (Å²) in [6, 6.07) is 8.18. The number of aromatic nitrogens is 2. The second-order valence-corrected chi connectivity index (χ2v) is 8.45. The van der Waals surface area contributed by atoms with Crippen LogP contribution in [0.4, 0.5) is 26.3 Å². The molecule has 0 spiro atoms. The van der Waals surface area contributed by atoms with Crippen LogP contribution < -0.4 is 4.74 Å². The number of aryl methyl sites for hydroxylation is 1. The van der Waals surface area contributed by atoms with Crippen LogP contribution >= 0.6 is 0 Å². The monoisotopic (exact) mass is 499 g/mol. The highest BCUT2D eigenvalue weighted by molar-refractivity contribution is 5.59. The molecule has 1 unspecified atom stereocenters. The maximum absolute atomic E-state index is 13.7. The third-order valence-electron chi connectivity index (χ3n) is 5.94. The quantitative estimate of drug-likeness (QED) is 0.273. The van der Waals surface area contributed by atoms with Crippen molar-refractivity contribution < 1.29 is 35.6 Å². The van der Waals surface area contributed by atoms with E-state index < -0.39 is 23.5 Å². The van der Waals surface area contributed by atoms with Crippen molar-refractivity contribution in [3.8, 4) is 17.1 Å². The fourth-order valence-corrected chi connectivity index (χ4v) is 4.05. The zero-order valence-electron chi connectivity index (χ0n) is 18.8. The van der Waals surface area contributed by atoms with Gasteiger partial charge >= 0.3 is 12.4 Å². The number of halogens is 6. The lowest BCUT2D eigenvalue weighted by atomic mass is 10.1. The standard InChI is InChI=1S/C24H23F6N3O2/c1-33-12-2-5-19(33)22-31-21(32-35-22)16-8-11-20(18(14-16)24(28,29)30)34-13-3-4-15-6-9-17(10-7-15)23(25,26)27/h6-11,14,19H,2-5,12-13H2,1H3. The van der Waals surface area contributed by atoms with Gasteiger partial charge in [0.1, 0.15) is 5.75 Å². The number of rotatable bonds is 7. The van der Waals surface area contributed by atoms with Crippen LogP contribution in [-0.2, 0) is 18.8 Å². The van der Waals surface area contributed by atoms with Gasteiger partial charge in [-0.15, -0.1) is 0 Å². The molecule has 1 aromatic heterocycles. The van der Waals surface area contributed by atoms with Crippen molar-refractivity contribution in [2.75, 3.05) is 20.2 Å². The molecular formula is C24H23F6N3O2. The number of likely N-dealkylation sites (tertiary alicyclic amines) is 1. The van der Waals surface area contributed by atoms with Gasteiger partial charge < -0.3 is 9.26 Å². The van der Waals surface area contributed by atoms with E-state index in [1.165, 1.54) is 24.3 Å². The largest absolute Gasteiger partial charge is 0.493 e. The summed E-state index contributed by atoms with van der Waals surface area (Å²) in [5.74, 6) is 0.102. The Kier molecular flexibility index (Phi) is 7.07. The summed E-state index contributed by atoms with van der Waals surface area (Å²) >= 11 is 0. The number of hydrogen-bond acceptors (Lipinski definition) is 5. The molecule has 2 aromatic carbocycles. The minimum absolute atomic E-state index is 0.0379. The van der Waals surface area contributed by atoms with Crippen molar-refractivity contribution in [2.24, 2.45) is 0 Å². The molecule has 0 bridgehead atoms. The van der Waals surface area contributed by atoms with Gasteiger partial charge in [-0.2, -0.15) is 31.3 Å². The van der Waals surface area contributed by atoms with Crippen molar-refractivity contribution in [1.29, 1.82) is 0 Å². The molecule has 1 aliphatic rings. The van der Waals surface area contributed by atoms with Crippen LogP contribution in [0.1, 0.15) is 47.9 Å². The molecule has 0 aliphatic carbocycles. The first-order valence-electron chi connectivity index (χ1n) is 11.1. The molecule has 188 valence electrons. The molecule has 2 heterocycles. The Balaban J connectivity index is 1.42. The molecule has 0 N–H and O–H groups in total. The zero-order chi connectivity index (χ0) is 25.2. The van der Waals surface area contributed by atoms with E-state index in [9.17, 15) is 26.3 Å². The van der Waals surface area contributed by atoms with E-state index in [2.05, 4.69) is 15.0 Å². The van der Waals surface area contributed by atoms with Crippen molar-refractivity contribution in [3.05, 3.63) is 65.0 Å². The van der Waals surface area contributed by atoms with E-state index in [-0.39, 0.29) is 29.8 Å². The molecule has 1 atom stereocenters. The average Bonchev–Trinajstić information content (AvgIpc) is 3.45. The first-order valence-corrected chi connectivity index (χ1v) is 11.1. The van der Waals surface area contributed by atoms with Gasteiger partial charge in [0.15, 0.2) is 0 Å². The van der Waals surface area contributed by atoms with Crippen molar-refractivity contribution >= 4 is 0 Å². The minimum atomic E-state index is -4.67. The van der Waals surface area contributed by atoms with E-state index in [0.717, 1.165) is 37.6 Å².